The van der Waals surface area contributed by atoms with Crippen LogP contribution in [0, 0.1) is 5.92 Å². The first-order valence-electron chi connectivity index (χ1n) is 8.75. The zero-order valence-corrected chi connectivity index (χ0v) is 15.0. The lowest BCUT2D eigenvalue weighted by molar-refractivity contribution is 0.128. The van der Waals surface area contributed by atoms with Gasteiger partial charge in [0.15, 0.2) is 0 Å². The Kier molecular flexibility index (Phi) is 5.09. The summed E-state index contributed by atoms with van der Waals surface area (Å²) in [4.78, 5) is 2.58. The van der Waals surface area contributed by atoms with Gasteiger partial charge in [0.2, 0.25) is 10.0 Å². The van der Waals surface area contributed by atoms with Crippen molar-refractivity contribution in [2.24, 2.45) is 5.92 Å². The number of fused-ring (bicyclic) bond motifs is 1. The van der Waals surface area contributed by atoms with E-state index in [1.807, 2.05) is 0 Å². The molecule has 0 spiro atoms. The van der Waals surface area contributed by atoms with Gasteiger partial charge in [-0.25, -0.2) is 13.1 Å². The molecular weight excluding hydrogens is 308 g/mol. The van der Waals surface area contributed by atoms with Crippen molar-refractivity contribution in [3.05, 3.63) is 35.4 Å². The third-order valence-electron chi connectivity index (χ3n) is 5.29. The summed E-state index contributed by atoms with van der Waals surface area (Å²) in [5.74, 6) is 0.431. The maximum atomic E-state index is 11.9. The lowest BCUT2D eigenvalue weighted by Gasteiger charge is -2.37. The molecule has 1 aliphatic heterocycles. The Morgan fingerprint density at radius 1 is 1.22 bits per heavy atom. The number of sulfonamides is 1. The molecule has 0 aromatic heterocycles. The molecule has 128 valence electrons. The average Bonchev–Trinajstić information content (AvgIpc) is 2.97. The van der Waals surface area contributed by atoms with Gasteiger partial charge in [-0.3, -0.25) is 4.90 Å². The summed E-state index contributed by atoms with van der Waals surface area (Å²) in [7, 11) is -3.15. The summed E-state index contributed by atoms with van der Waals surface area (Å²) in [5.41, 5.74) is 2.97. The minimum atomic E-state index is -3.15. The van der Waals surface area contributed by atoms with Crippen LogP contribution in [0.15, 0.2) is 24.3 Å². The van der Waals surface area contributed by atoms with Gasteiger partial charge in [0.25, 0.3) is 0 Å². The molecule has 1 aliphatic carbocycles. The summed E-state index contributed by atoms with van der Waals surface area (Å²) in [6.45, 7) is 6.19. The highest BCUT2D eigenvalue weighted by Crippen LogP contribution is 2.28. The van der Waals surface area contributed by atoms with E-state index in [2.05, 4.69) is 33.9 Å². The van der Waals surface area contributed by atoms with Crippen LogP contribution in [-0.4, -0.2) is 44.2 Å². The van der Waals surface area contributed by atoms with E-state index >= 15 is 0 Å². The number of hydrogen-bond donors (Lipinski definition) is 1. The number of piperidine rings is 1. The van der Waals surface area contributed by atoms with Crippen LogP contribution in [0.4, 0.5) is 0 Å². The second-order valence-electron chi connectivity index (χ2n) is 7.28. The topological polar surface area (TPSA) is 49.4 Å². The summed E-state index contributed by atoms with van der Waals surface area (Å²) in [6.07, 6.45) is 4.57. The lowest BCUT2D eigenvalue weighted by Crippen LogP contribution is -2.46. The van der Waals surface area contributed by atoms with E-state index in [1.165, 1.54) is 17.5 Å². The molecule has 2 aliphatic rings. The Balaban J connectivity index is 1.55. The van der Waals surface area contributed by atoms with Crippen molar-refractivity contribution in [1.82, 2.24) is 9.62 Å². The first-order chi connectivity index (χ1) is 11.0. The van der Waals surface area contributed by atoms with Gasteiger partial charge in [-0.2, -0.15) is 0 Å². The molecular formula is C18H28N2O2S. The minimum absolute atomic E-state index is 0.355. The van der Waals surface area contributed by atoms with Gasteiger partial charge in [0, 0.05) is 19.1 Å². The fourth-order valence-electron chi connectivity index (χ4n) is 3.79. The molecule has 0 radical (unpaired) electrons. The van der Waals surface area contributed by atoms with E-state index in [-0.39, 0.29) is 5.25 Å². The number of nitrogens with one attached hydrogen (secondary N) is 1. The van der Waals surface area contributed by atoms with Gasteiger partial charge in [-0.05, 0) is 63.1 Å². The fourth-order valence-corrected chi connectivity index (χ4v) is 4.59. The molecule has 5 heteroatoms. The third-order valence-corrected chi connectivity index (χ3v) is 7.10. The molecule has 1 fully saturated rings. The molecule has 1 atom stereocenters. The van der Waals surface area contributed by atoms with Crippen LogP contribution in [0.5, 0.6) is 0 Å². The molecule has 1 heterocycles. The SMILES string of the molecule is CC(C)S(=O)(=O)NCC1CCCN(C2Cc3ccccc3C2)C1. The van der Waals surface area contributed by atoms with Gasteiger partial charge >= 0.3 is 0 Å². The number of rotatable bonds is 5. The maximum Gasteiger partial charge on any atom is 0.213 e. The lowest BCUT2D eigenvalue weighted by atomic mass is 9.96. The molecule has 3 rings (SSSR count). The summed E-state index contributed by atoms with van der Waals surface area (Å²) < 4.78 is 26.7. The second-order valence-corrected chi connectivity index (χ2v) is 9.60. The van der Waals surface area contributed by atoms with E-state index in [4.69, 9.17) is 0 Å². The average molecular weight is 337 g/mol. The monoisotopic (exact) mass is 336 g/mol. The quantitative estimate of drug-likeness (QED) is 0.897. The van der Waals surface area contributed by atoms with Crippen LogP contribution in [0.25, 0.3) is 0 Å². The Morgan fingerprint density at radius 2 is 1.87 bits per heavy atom. The van der Waals surface area contributed by atoms with E-state index in [0.717, 1.165) is 32.4 Å². The Bertz CT molecular complexity index is 617. The molecule has 23 heavy (non-hydrogen) atoms. The van der Waals surface area contributed by atoms with Crippen LogP contribution in [0.1, 0.15) is 37.8 Å². The number of likely N-dealkylation sites (tertiary alicyclic amines) is 1. The summed E-state index contributed by atoms with van der Waals surface area (Å²) in [6, 6.07) is 9.33. The first-order valence-corrected chi connectivity index (χ1v) is 10.3. The van der Waals surface area contributed by atoms with E-state index in [0.29, 0.717) is 18.5 Å². The molecule has 4 nitrogen and oxygen atoms in total. The van der Waals surface area contributed by atoms with Gasteiger partial charge in [0.1, 0.15) is 0 Å². The van der Waals surface area contributed by atoms with Gasteiger partial charge in [0.05, 0.1) is 5.25 Å². The third kappa shape index (κ3) is 3.95. The van der Waals surface area contributed by atoms with Crippen molar-refractivity contribution in [3.63, 3.8) is 0 Å². The zero-order chi connectivity index (χ0) is 16.4. The Labute approximate surface area is 140 Å². The minimum Gasteiger partial charge on any atom is -0.299 e. The molecule has 1 unspecified atom stereocenters. The maximum absolute atomic E-state index is 11.9. The summed E-state index contributed by atoms with van der Waals surface area (Å²) in [5, 5.41) is -0.355. The Morgan fingerprint density at radius 3 is 2.48 bits per heavy atom. The molecule has 1 aromatic carbocycles. The van der Waals surface area contributed by atoms with Crippen LogP contribution in [0.3, 0.4) is 0 Å². The smallest absolute Gasteiger partial charge is 0.213 e. The van der Waals surface area contributed by atoms with E-state index < -0.39 is 10.0 Å². The van der Waals surface area contributed by atoms with Crippen LogP contribution in [-0.2, 0) is 22.9 Å². The standard InChI is InChI=1S/C18H28N2O2S/c1-14(2)23(21,22)19-12-15-6-5-9-20(13-15)18-10-16-7-3-4-8-17(16)11-18/h3-4,7-8,14-15,18-19H,5-6,9-13H2,1-2H3. The zero-order valence-electron chi connectivity index (χ0n) is 14.2. The van der Waals surface area contributed by atoms with Crippen molar-refractivity contribution in [1.29, 1.82) is 0 Å². The normalized spacial score (nSPS) is 23.3. The van der Waals surface area contributed by atoms with E-state index in [1.54, 1.807) is 13.8 Å². The van der Waals surface area contributed by atoms with Crippen LogP contribution >= 0.6 is 0 Å². The van der Waals surface area contributed by atoms with Gasteiger partial charge in [-0.1, -0.05) is 24.3 Å². The highest BCUT2D eigenvalue weighted by atomic mass is 32.2. The van der Waals surface area contributed by atoms with Crippen molar-refractivity contribution < 1.29 is 8.42 Å². The van der Waals surface area contributed by atoms with Crippen molar-refractivity contribution in [2.75, 3.05) is 19.6 Å². The number of benzene rings is 1. The van der Waals surface area contributed by atoms with Crippen LogP contribution in [0.2, 0.25) is 0 Å². The van der Waals surface area contributed by atoms with Gasteiger partial charge in [-0.15, -0.1) is 0 Å². The second kappa shape index (κ2) is 6.91. The fraction of sp³-hybridized carbons (Fsp3) is 0.667. The van der Waals surface area contributed by atoms with Crippen LogP contribution < -0.4 is 4.72 Å². The highest BCUT2D eigenvalue weighted by molar-refractivity contribution is 7.90. The number of hydrogen-bond acceptors (Lipinski definition) is 3. The Hall–Kier alpha value is -0.910. The molecule has 0 saturated carbocycles. The van der Waals surface area contributed by atoms with Crippen molar-refractivity contribution >= 4 is 10.0 Å². The molecule has 0 amide bonds. The van der Waals surface area contributed by atoms with Crippen molar-refractivity contribution in [3.8, 4) is 0 Å². The molecule has 1 saturated heterocycles. The van der Waals surface area contributed by atoms with Crippen molar-refractivity contribution in [2.45, 2.75) is 50.8 Å². The first kappa shape index (κ1) is 16.9. The van der Waals surface area contributed by atoms with Gasteiger partial charge < -0.3 is 0 Å². The predicted octanol–water partition coefficient (Wildman–Crippen LogP) is 2.19. The molecule has 1 aromatic rings. The number of nitrogens with zero attached hydrogens (tertiary/aromatic N) is 1. The largest absolute Gasteiger partial charge is 0.299 e. The predicted molar refractivity (Wildman–Crippen MR) is 94.0 cm³/mol. The summed E-state index contributed by atoms with van der Waals surface area (Å²) >= 11 is 0. The molecule has 1 N–H and O–H groups in total. The van der Waals surface area contributed by atoms with E-state index in [9.17, 15) is 8.42 Å². The highest BCUT2D eigenvalue weighted by Gasteiger charge is 2.30. The molecule has 0 bridgehead atoms.